The highest BCUT2D eigenvalue weighted by molar-refractivity contribution is 5.91. The predicted octanol–water partition coefficient (Wildman–Crippen LogP) is 0.941. The van der Waals surface area contributed by atoms with Crippen LogP contribution in [-0.4, -0.2) is 16.4 Å². The fourth-order valence-corrected chi connectivity index (χ4v) is 0.749. The van der Waals surface area contributed by atoms with Crippen LogP contribution < -0.4 is 0 Å². The van der Waals surface area contributed by atoms with E-state index in [0.717, 1.165) is 12.8 Å². The van der Waals surface area contributed by atoms with E-state index in [-0.39, 0.29) is 0 Å². The van der Waals surface area contributed by atoms with Crippen molar-refractivity contribution < 1.29 is 5.11 Å². The van der Waals surface area contributed by atoms with Crippen molar-refractivity contribution in [2.45, 2.75) is 31.8 Å². The minimum atomic E-state index is -0.658. The maximum Gasteiger partial charge on any atom is 0.102 e. The van der Waals surface area contributed by atoms with Gasteiger partial charge in [0.2, 0.25) is 0 Å². The Morgan fingerprint density at radius 1 is 1.75 bits per heavy atom. The fourth-order valence-electron chi connectivity index (χ4n) is 0.749. The van der Waals surface area contributed by atoms with Gasteiger partial charge in [-0.3, -0.25) is 0 Å². The second-order valence-corrected chi connectivity index (χ2v) is 2.36. The lowest BCUT2D eigenvalue weighted by molar-refractivity contribution is 0.218. The van der Waals surface area contributed by atoms with Crippen LogP contribution in [0.5, 0.6) is 0 Å². The Balaban J connectivity index is 2.46. The molecule has 0 saturated heterocycles. The van der Waals surface area contributed by atoms with Gasteiger partial charge in [0.25, 0.3) is 0 Å². The molecular formula is C6H11NO. The van der Waals surface area contributed by atoms with Crippen LogP contribution >= 0.6 is 0 Å². The molecule has 2 nitrogen and oxygen atoms in total. The quantitative estimate of drug-likeness (QED) is 0.514. The highest BCUT2D eigenvalue weighted by atomic mass is 16.3. The molecule has 0 aromatic carbocycles. The van der Waals surface area contributed by atoms with Gasteiger partial charge in [0.05, 0.1) is 0 Å². The third kappa shape index (κ3) is 0.757. The zero-order valence-corrected chi connectivity index (χ0v) is 5.07. The number of aliphatic hydroxyl groups is 1. The number of hydrogen-bond donors (Lipinski definition) is 2. The summed E-state index contributed by atoms with van der Waals surface area (Å²) < 4.78 is 0. The van der Waals surface area contributed by atoms with E-state index in [1.165, 1.54) is 0 Å². The molecule has 0 amide bonds. The Hall–Kier alpha value is -0.370. The molecule has 2 N–H and O–H groups in total. The Bertz CT molecular complexity index is 116. The van der Waals surface area contributed by atoms with Crippen LogP contribution in [0.4, 0.5) is 0 Å². The first-order valence-corrected chi connectivity index (χ1v) is 2.99. The summed E-state index contributed by atoms with van der Waals surface area (Å²) in [6.45, 7) is 1.90. The van der Waals surface area contributed by atoms with E-state index in [1.807, 2.05) is 6.92 Å². The summed E-state index contributed by atoms with van der Waals surface area (Å²) >= 11 is 0. The molecule has 0 radical (unpaired) electrons. The van der Waals surface area contributed by atoms with Gasteiger partial charge in [-0.2, -0.15) is 0 Å². The minimum absolute atomic E-state index is 0.498. The number of hydrogen-bond acceptors (Lipinski definition) is 2. The van der Waals surface area contributed by atoms with E-state index in [9.17, 15) is 5.11 Å². The molecule has 0 aromatic rings. The molecule has 0 atom stereocenters. The summed E-state index contributed by atoms with van der Waals surface area (Å²) in [6.07, 6.45) is 2.30. The van der Waals surface area contributed by atoms with Crippen LogP contribution in [0.15, 0.2) is 0 Å². The van der Waals surface area contributed by atoms with Crippen molar-refractivity contribution in [3.8, 4) is 0 Å². The van der Waals surface area contributed by atoms with Crippen molar-refractivity contribution in [1.29, 1.82) is 5.41 Å². The Kier molecular flexibility index (Phi) is 1.12. The Labute approximate surface area is 49.0 Å². The molecule has 1 rings (SSSR count). The lowest BCUT2D eigenvalue weighted by Crippen LogP contribution is -2.19. The Morgan fingerprint density at radius 2 is 2.25 bits per heavy atom. The summed E-state index contributed by atoms with van der Waals surface area (Å²) in [6, 6.07) is 0. The third-order valence-corrected chi connectivity index (χ3v) is 1.64. The Morgan fingerprint density at radius 3 is 2.38 bits per heavy atom. The first kappa shape index (κ1) is 5.76. The zero-order valence-electron chi connectivity index (χ0n) is 5.07. The van der Waals surface area contributed by atoms with Crippen molar-refractivity contribution in [2.75, 3.05) is 0 Å². The average Bonchev–Trinajstić information content (AvgIpc) is 2.47. The molecule has 2 heteroatoms. The van der Waals surface area contributed by atoms with Crippen LogP contribution in [0.2, 0.25) is 0 Å². The first-order chi connectivity index (χ1) is 3.69. The smallest absolute Gasteiger partial charge is 0.102 e. The van der Waals surface area contributed by atoms with Crippen LogP contribution in [0.1, 0.15) is 26.2 Å². The van der Waals surface area contributed by atoms with E-state index in [2.05, 4.69) is 0 Å². The van der Waals surface area contributed by atoms with Crippen molar-refractivity contribution >= 4 is 5.71 Å². The molecule has 0 aromatic heterocycles. The second-order valence-electron chi connectivity index (χ2n) is 2.36. The molecule has 1 aliphatic rings. The SMILES string of the molecule is CCC(=N)C1(O)CC1. The summed E-state index contributed by atoms with van der Waals surface area (Å²) in [5.41, 5.74) is -0.160. The molecule has 1 saturated carbocycles. The van der Waals surface area contributed by atoms with Crippen molar-refractivity contribution in [1.82, 2.24) is 0 Å². The largest absolute Gasteiger partial charge is 0.384 e. The molecule has 0 bridgehead atoms. The van der Waals surface area contributed by atoms with E-state index >= 15 is 0 Å². The molecule has 46 valence electrons. The maximum atomic E-state index is 9.17. The molecule has 0 heterocycles. The normalized spacial score (nSPS) is 22.8. The topological polar surface area (TPSA) is 44.1 Å². The second kappa shape index (κ2) is 1.55. The highest BCUT2D eigenvalue weighted by Gasteiger charge is 2.43. The lowest BCUT2D eigenvalue weighted by atomic mass is 10.1. The van der Waals surface area contributed by atoms with Gasteiger partial charge < -0.3 is 10.5 Å². The number of rotatable bonds is 2. The maximum absolute atomic E-state index is 9.17. The van der Waals surface area contributed by atoms with Gasteiger partial charge in [0.15, 0.2) is 0 Å². The molecule has 1 fully saturated rings. The van der Waals surface area contributed by atoms with Crippen LogP contribution in [-0.2, 0) is 0 Å². The van der Waals surface area contributed by atoms with Gasteiger partial charge in [0.1, 0.15) is 5.60 Å². The van der Waals surface area contributed by atoms with E-state index in [0.29, 0.717) is 12.1 Å². The fraction of sp³-hybridized carbons (Fsp3) is 0.833. The van der Waals surface area contributed by atoms with Crippen LogP contribution in [0.25, 0.3) is 0 Å². The summed E-state index contributed by atoms with van der Waals surface area (Å²) in [5, 5.41) is 16.4. The highest BCUT2D eigenvalue weighted by Crippen LogP contribution is 2.36. The monoisotopic (exact) mass is 113 g/mol. The predicted molar refractivity (Wildman–Crippen MR) is 32.2 cm³/mol. The molecule has 0 unspecified atom stereocenters. The van der Waals surface area contributed by atoms with Crippen molar-refractivity contribution in [3.05, 3.63) is 0 Å². The molecule has 0 aliphatic heterocycles. The summed E-state index contributed by atoms with van der Waals surface area (Å²) in [4.78, 5) is 0. The van der Waals surface area contributed by atoms with Crippen LogP contribution in [0.3, 0.4) is 0 Å². The van der Waals surface area contributed by atoms with E-state index < -0.39 is 5.60 Å². The molecule has 8 heavy (non-hydrogen) atoms. The van der Waals surface area contributed by atoms with Gasteiger partial charge in [-0.1, -0.05) is 6.92 Å². The van der Waals surface area contributed by atoms with Crippen molar-refractivity contribution in [2.24, 2.45) is 0 Å². The van der Waals surface area contributed by atoms with E-state index in [1.54, 1.807) is 0 Å². The van der Waals surface area contributed by atoms with Crippen molar-refractivity contribution in [3.63, 3.8) is 0 Å². The first-order valence-electron chi connectivity index (χ1n) is 2.99. The van der Waals surface area contributed by atoms with Gasteiger partial charge in [-0.25, -0.2) is 0 Å². The minimum Gasteiger partial charge on any atom is -0.384 e. The van der Waals surface area contributed by atoms with Gasteiger partial charge in [-0.05, 0) is 19.3 Å². The lowest BCUT2D eigenvalue weighted by Gasteiger charge is -2.04. The van der Waals surface area contributed by atoms with Gasteiger partial charge in [-0.15, -0.1) is 0 Å². The zero-order chi connectivity index (χ0) is 6.20. The third-order valence-electron chi connectivity index (χ3n) is 1.64. The van der Waals surface area contributed by atoms with Crippen LogP contribution in [0, 0.1) is 5.41 Å². The molecule has 1 aliphatic carbocycles. The summed E-state index contributed by atoms with van der Waals surface area (Å²) in [5.74, 6) is 0. The van der Waals surface area contributed by atoms with Gasteiger partial charge in [0, 0.05) is 5.71 Å². The average molecular weight is 113 g/mol. The standard InChI is InChI=1S/C6H11NO/c1-2-5(7)6(8)3-4-6/h7-8H,2-4H2,1H3. The van der Waals surface area contributed by atoms with Gasteiger partial charge >= 0.3 is 0 Å². The summed E-state index contributed by atoms with van der Waals surface area (Å²) in [7, 11) is 0. The number of nitrogens with one attached hydrogen (secondary N) is 1. The van der Waals surface area contributed by atoms with E-state index in [4.69, 9.17) is 5.41 Å². The molecule has 0 spiro atoms. The molecular weight excluding hydrogens is 102 g/mol.